The van der Waals surface area contributed by atoms with Gasteiger partial charge in [-0.1, -0.05) is 26.7 Å². The van der Waals surface area contributed by atoms with Crippen molar-refractivity contribution in [1.82, 2.24) is 0 Å². The minimum atomic E-state index is -0.238. The first-order chi connectivity index (χ1) is 8.67. The molecule has 0 aliphatic carbocycles. The Balaban J connectivity index is 2.77. The van der Waals surface area contributed by atoms with E-state index in [9.17, 15) is 9.90 Å². The van der Waals surface area contributed by atoms with E-state index >= 15 is 0 Å². The van der Waals surface area contributed by atoms with Gasteiger partial charge < -0.3 is 9.52 Å². The summed E-state index contributed by atoms with van der Waals surface area (Å²) < 4.78 is 5.32. The maximum Gasteiger partial charge on any atom is 0.339 e. The van der Waals surface area contributed by atoms with Crippen molar-refractivity contribution < 1.29 is 9.52 Å². The Hall–Kier alpha value is -1.77. The zero-order chi connectivity index (χ0) is 13.1. The van der Waals surface area contributed by atoms with Crippen LogP contribution in [0.4, 0.5) is 0 Å². The van der Waals surface area contributed by atoms with Crippen LogP contribution in [0.2, 0.25) is 0 Å². The molecule has 1 N–H and O–H groups in total. The molecule has 1 aromatic carbocycles. The maximum absolute atomic E-state index is 12.0. The number of phenols is 1. The molecule has 96 valence electrons. The third kappa shape index (κ3) is 2.26. The van der Waals surface area contributed by atoms with Gasteiger partial charge in [0.1, 0.15) is 11.3 Å². The van der Waals surface area contributed by atoms with Gasteiger partial charge in [0.2, 0.25) is 0 Å². The van der Waals surface area contributed by atoms with Gasteiger partial charge in [-0.25, -0.2) is 4.79 Å². The Morgan fingerprint density at radius 2 is 1.78 bits per heavy atom. The van der Waals surface area contributed by atoms with Crippen LogP contribution >= 0.6 is 0 Å². The van der Waals surface area contributed by atoms with Crippen LogP contribution in [-0.2, 0) is 12.8 Å². The number of hydrogen-bond donors (Lipinski definition) is 1. The third-order valence-electron chi connectivity index (χ3n) is 3.10. The molecule has 3 heteroatoms. The highest BCUT2D eigenvalue weighted by molar-refractivity contribution is 5.82. The van der Waals surface area contributed by atoms with E-state index in [4.69, 9.17) is 4.42 Å². The predicted octanol–water partition coefficient (Wildman–Crippen LogP) is 3.40. The second-order valence-electron chi connectivity index (χ2n) is 4.53. The third-order valence-corrected chi connectivity index (χ3v) is 3.10. The Morgan fingerprint density at radius 1 is 1.11 bits per heavy atom. The molecule has 0 unspecified atom stereocenters. The Morgan fingerprint density at radius 3 is 2.44 bits per heavy atom. The van der Waals surface area contributed by atoms with Crippen LogP contribution in [0.3, 0.4) is 0 Å². The Labute approximate surface area is 106 Å². The molecule has 2 rings (SSSR count). The van der Waals surface area contributed by atoms with Gasteiger partial charge in [0.05, 0.1) is 0 Å². The summed E-state index contributed by atoms with van der Waals surface area (Å²) in [6.07, 6.45) is 3.43. The maximum atomic E-state index is 12.0. The van der Waals surface area contributed by atoms with Crippen LogP contribution in [-0.4, -0.2) is 5.11 Å². The molecule has 0 aliphatic heterocycles. The van der Waals surface area contributed by atoms with Crippen LogP contribution in [0.15, 0.2) is 27.4 Å². The molecule has 0 radical (unpaired) electrons. The van der Waals surface area contributed by atoms with Crippen molar-refractivity contribution >= 4 is 11.0 Å². The normalized spacial score (nSPS) is 11.0. The number of rotatable bonds is 4. The number of aromatic hydroxyl groups is 1. The van der Waals surface area contributed by atoms with Gasteiger partial charge in [0, 0.05) is 10.9 Å². The van der Waals surface area contributed by atoms with Crippen LogP contribution in [0.25, 0.3) is 11.0 Å². The molecule has 1 aromatic heterocycles. The summed E-state index contributed by atoms with van der Waals surface area (Å²) >= 11 is 0. The van der Waals surface area contributed by atoms with Crippen molar-refractivity contribution in [1.29, 1.82) is 0 Å². The summed E-state index contributed by atoms with van der Waals surface area (Å²) in [5, 5.41) is 10.5. The van der Waals surface area contributed by atoms with E-state index in [0.29, 0.717) is 5.58 Å². The average molecular weight is 246 g/mol. The number of aryl methyl sites for hydroxylation is 1. The Bertz CT molecular complexity index is 611. The monoisotopic (exact) mass is 246 g/mol. The quantitative estimate of drug-likeness (QED) is 0.841. The SMILES string of the molecule is CCCc1c(CCC)c2cc(O)ccc2oc1=O. The van der Waals surface area contributed by atoms with Gasteiger partial charge in [-0.3, -0.25) is 0 Å². The van der Waals surface area contributed by atoms with Gasteiger partial charge in [0.25, 0.3) is 0 Å². The lowest BCUT2D eigenvalue weighted by Gasteiger charge is -2.10. The smallest absolute Gasteiger partial charge is 0.339 e. The molecule has 3 nitrogen and oxygen atoms in total. The summed E-state index contributed by atoms with van der Waals surface area (Å²) in [5.41, 5.74) is 2.11. The number of benzene rings is 1. The van der Waals surface area contributed by atoms with E-state index in [1.165, 1.54) is 0 Å². The molecule has 0 fully saturated rings. The largest absolute Gasteiger partial charge is 0.508 e. The van der Waals surface area contributed by atoms with Crippen LogP contribution < -0.4 is 5.63 Å². The number of hydrogen-bond acceptors (Lipinski definition) is 3. The molecular weight excluding hydrogens is 228 g/mol. The lowest BCUT2D eigenvalue weighted by Crippen LogP contribution is -2.11. The second-order valence-corrected chi connectivity index (χ2v) is 4.53. The first-order valence-electron chi connectivity index (χ1n) is 6.45. The molecule has 18 heavy (non-hydrogen) atoms. The summed E-state index contributed by atoms with van der Waals surface area (Å²) in [7, 11) is 0. The van der Waals surface area contributed by atoms with Crippen molar-refractivity contribution in [2.75, 3.05) is 0 Å². The van der Waals surface area contributed by atoms with E-state index in [2.05, 4.69) is 6.92 Å². The highest BCUT2D eigenvalue weighted by Crippen LogP contribution is 2.25. The van der Waals surface area contributed by atoms with Gasteiger partial charge in [-0.05, 0) is 36.6 Å². The van der Waals surface area contributed by atoms with Crippen LogP contribution in [0, 0.1) is 0 Å². The van der Waals surface area contributed by atoms with Crippen LogP contribution in [0.1, 0.15) is 37.8 Å². The predicted molar refractivity (Wildman–Crippen MR) is 72.1 cm³/mol. The van der Waals surface area contributed by atoms with E-state index < -0.39 is 0 Å². The highest BCUT2D eigenvalue weighted by atomic mass is 16.4. The van der Waals surface area contributed by atoms with Crippen molar-refractivity contribution in [3.63, 3.8) is 0 Å². The molecule has 0 spiro atoms. The van der Waals surface area contributed by atoms with E-state index in [0.717, 1.165) is 42.2 Å². The molecule has 0 bridgehead atoms. The first kappa shape index (κ1) is 12.7. The van der Waals surface area contributed by atoms with Crippen molar-refractivity contribution in [2.45, 2.75) is 39.5 Å². The van der Waals surface area contributed by atoms with Gasteiger partial charge in [-0.15, -0.1) is 0 Å². The minimum Gasteiger partial charge on any atom is -0.508 e. The summed E-state index contributed by atoms with van der Waals surface area (Å²) in [6.45, 7) is 4.13. The fourth-order valence-corrected chi connectivity index (χ4v) is 2.33. The molecule has 1 heterocycles. The van der Waals surface area contributed by atoms with E-state index in [1.807, 2.05) is 6.92 Å². The van der Waals surface area contributed by atoms with Crippen LogP contribution in [0.5, 0.6) is 5.75 Å². The topological polar surface area (TPSA) is 50.4 Å². The fraction of sp³-hybridized carbons (Fsp3) is 0.400. The second kappa shape index (κ2) is 5.25. The zero-order valence-corrected chi connectivity index (χ0v) is 10.8. The average Bonchev–Trinajstić information content (AvgIpc) is 2.35. The lowest BCUT2D eigenvalue weighted by atomic mass is 9.97. The van der Waals surface area contributed by atoms with Gasteiger partial charge in [-0.2, -0.15) is 0 Å². The summed E-state index contributed by atoms with van der Waals surface area (Å²) in [4.78, 5) is 12.0. The lowest BCUT2D eigenvalue weighted by molar-refractivity contribution is 0.475. The fourth-order valence-electron chi connectivity index (χ4n) is 2.33. The molecule has 0 amide bonds. The minimum absolute atomic E-state index is 0.205. The summed E-state index contributed by atoms with van der Waals surface area (Å²) in [6, 6.07) is 4.88. The number of fused-ring (bicyclic) bond motifs is 1. The summed E-state index contributed by atoms with van der Waals surface area (Å²) in [5.74, 6) is 0.205. The zero-order valence-electron chi connectivity index (χ0n) is 10.8. The molecule has 0 aliphatic rings. The molecule has 2 aromatic rings. The van der Waals surface area contributed by atoms with E-state index in [1.54, 1.807) is 18.2 Å². The van der Waals surface area contributed by atoms with E-state index in [-0.39, 0.29) is 11.4 Å². The van der Waals surface area contributed by atoms with Crippen molar-refractivity contribution in [2.24, 2.45) is 0 Å². The van der Waals surface area contributed by atoms with Crippen molar-refractivity contribution in [3.05, 3.63) is 39.7 Å². The Kier molecular flexibility index (Phi) is 3.70. The molecule has 0 saturated carbocycles. The van der Waals surface area contributed by atoms with Gasteiger partial charge >= 0.3 is 5.63 Å². The highest BCUT2D eigenvalue weighted by Gasteiger charge is 2.13. The van der Waals surface area contributed by atoms with Crippen molar-refractivity contribution in [3.8, 4) is 5.75 Å². The molecule has 0 atom stereocenters. The number of phenolic OH excluding ortho intramolecular Hbond substituents is 1. The molecule has 0 saturated heterocycles. The molecular formula is C15H18O3. The first-order valence-corrected chi connectivity index (χ1v) is 6.45. The van der Waals surface area contributed by atoms with Gasteiger partial charge in [0.15, 0.2) is 0 Å². The standard InChI is InChI=1S/C15H18O3/c1-3-5-11-12(6-4-2)15(17)18-14-8-7-10(16)9-13(11)14/h7-9,16H,3-6H2,1-2H3.